The summed E-state index contributed by atoms with van der Waals surface area (Å²) in [5.41, 5.74) is 0. The third-order valence-electron chi connectivity index (χ3n) is 5.75. The number of unbranched alkanes of at least 4 members (excludes halogenated alkanes) is 2. The Balaban J connectivity index is 2.17. The molecule has 0 aliphatic rings. The van der Waals surface area contributed by atoms with Gasteiger partial charge in [-0.1, -0.05) is 127 Å². The first kappa shape index (κ1) is 23.6. The van der Waals surface area contributed by atoms with Gasteiger partial charge in [0, 0.05) is 6.61 Å². The van der Waals surface area contributed by atoms with Crippen LogP contribution in [0.1, 0.15) is 66.7 Å². The highest BCUT2D eigenvalue weighted by Gasteiger charge is 2.49. The van der Waals surface area contributed by atoms with Crippen molar-refractivity contribution in [1.82, 2.24) is 0 Å². The van der Waals surface area contributed by atoms with Crippen molar-refractivity contribution in [3.05, 3.63) is 72.8 Å². The molecule has 0 spiro atoms. The third-order valence-corrected chi connectivity index (χ3v) is 10.8. The molecular formula is C27H40OSi. The summed E-state index contributed by atoms with van der Waals surface area (Å²) in [6, 6.07) is 21.8. The zero-order chi connectivity index (χ0) is 21.2. The van der Waals surface area contributed by atoms with Crippen molar-refractivity contribution in [2.45, 2.75) is 71.8 Å². The average Bonchev–Trinajstić information content (AvgIpc) is 2.71. The van der Waals surface area contributed by atoms with Gasteiger partial charge in [0.15, 0.2) is 0 Å². The van der Waals surface area contributed by atoms with Crippen molar-refractivity contribution in [2.75, 3.05) is 6.61 Å². The van der Waals surface area contributed by atoms with E-state index < -0.39 is 8.32 Å². The second-order valence-corrected chi connectivity index (χ2v) is 13.5. The van der Waals surface area contributed by atoms with Crippen LogP contribution in [0.15, 0.2) is 72.8 Å². The molecule has 158 valence electrons. The van der Waals surface area contributed by atoms with Crippen LogP contribution in [0.5, 0.6) is 0 Å². The van der Waals surface area contributed by atoms with Gasteiger partial charge in [-0.05, 0) is 34.2 Å². The van der Waals surface area contributed by atoms with Crippen LogP contribution in [-0.4, -0.2) is 14.9 Å². The smallest absolute Gasteiger partial charge is 0.261 e. The van der Waals surface area contributed by atoms with Gasteiger partial charge in [-0.3, -0.25) is 0 Å². The first-order valence-corrected chi connectivity index (χ1v) is 13.2. The van der Waals surface area contributed by atoms with Crippen LogP contribution in [-0.2, 0) is 4.43 Å². The second kappa shape index (κ2) is 11.5. The predicted molar refractivity (Wildman–Crippen MR) is 131 cm³/mol. The largest absolute Gasteiger partial charge is 0.407 e. The zero-order valence-electron chi connectivity index (χ0n) is 19.2. The maximum atomic E-state index is 6.93. The topological polar surface area (TPSA) is 9.23 Å². The monoisotopic (exact) mass is 408 g/mol. The summed E-state index contributed by atoms with van der Waals surface area (Å²) in [6.45, 7) is 12.4. The minimum absolute atomic E-state index is 0.0485. The number of allylic oxidation sites excluding steroid dienone is 1. The molecule has 0 fully saturated rings. The van der Waals surface area contributed by atoms with Crippen molar-refractivity contribution in [3.8, 4) is 0 Å². The highest BCUT2D eigenvalue weighted by Crippen LogP contribution is 2.36. The van der Waals surface area contributed by atoms with Gasteiger partial charge in [0.1, 0.15) is 0 Å². The molecule has 0 aliphatic carbocycles. The lowest BCUT2D eigenvalue weighted by atomic mass is 10.0. The van der Waals surface area contributed by atoms with Crippen molar-refractivity contribution in [1.29, 1.82) is 0 Å². The van der Waals surface area contributed by atoms with Gasteiger partial charge in [0.25, 0.3) is 8.32 Å². The van der Waals surface area contributed by atoms with Crippen molar-refractivity contribution < 1.29 is 4.43 Å². The van der Waals surface area contributed by atoms with Gasteiger partial charge in [-0.15, -0.1) is 0 Å². The van der Waals surface area contributed by atoms with E-state index in [2.05, 4.69) is 107 Å². The van der Waals surface area contributed by atoms with Crippen LogP contribution in [0.3, 0.4) is 0 Å². The van der Waals surface area contributed by atoms with Crippen molar-refractivity contribution in [2.24, 2.45) is 5.92 Å². The molecule has 2 rings (SSSR count). The molecule has 0 bridgehead atoms. The molecule has 0 aliphatic heterocycles. The molecule has 0 heterocycles. The lowest BCUT2D eigenvalue weighted by Gasteiger charge is -2.43. The molecule has 0 aromatic heterocycles. The predicted octanol–water partition coefficient (Wildman–Crippen LogP) is 6.73. The quantitative estimate of drug-likeness (QED) is 0.228. The summed E-state index contributed by atoms with van der Waals surface area (Å²) in [6.07, 6.45) is 10.9. The summed E-state index contributed by atoms with van der Waals surface area (Å²) in [4.78, 5) is 0. The fraction of sp³-hybridized carbons (Fsp3) is 0.481. The van der Waals surface area contributed by atoms with Crippen LogP contribution < -0.4 is 10.4 Å². The summed E-state index contributed by atoms with van der Waals surface area (Å²) >= 11 is 0. The molecule has 0 N–H and O–H groups in total. The number of hydrogen-bond donors (Lipinski definition) is 0. The second-order valence-electron chi connectivity index (χ2n) is 9.20. The molecule has 1 atom stereocenters. The molecule has 2 heteroatoms. The van der Waals surface area contributed by atoms with E-state index in [9.17, 15) is 0 Å². The Morgan fingerprint density at radius 1 is 0.897 bits per heavy atom. The normalized spacial score (nSPS) is 13.7. The lowest BCUT2D eigenvalue weighted by Crippen LogP contribution is -2.66. The van der Waals surface area contributed by atoms with Crippen LogP contribution >= 0.6 is 0 Å². The molecule has 0 amide bonds. The molecular weight excluding hydrogens is 368 g/mol. The fourth-order valence-corrected chi connectivity index (χ4v) is 8.76. The van der Waals surface area contributed by atoms with Gasteiger partial charge in [0.2, 0.25) is 0 Å². The summed E-state index contributed by atoms with van der Waals surface area (Å²) in [5, 5.41) is 2.76. The molecule has 29 heavy (non-hydrogen) atoms. The molecule has 0 unspecified atom stereocenters. The fourth-order valence-electron chi connectivity index (χ4n) is 4.18. The Bertz CT molecular complexity index is 676. The Labute approximate surface area is 180 Å². The number of hydrogen-bond acceptors (Lipinski definition) is 1. The highest BCUT2D eigenvalue weighted by atomic mass is 28.4. The Morgan fingerprint density at radius 2 is 1.45 bits per heavy atom. The van der Waals surface area contributed by atoms with Gasteiger partial charge in [-0.2, -0.15) is 0 Å². The average molecular weight is 409 g/mol. The molecule has 0 saturated heterocycles. The van der Waals surface area contributed by atoms with E-state index in [1.54, 1.807) is 0 Å². The van der Waals surface area contributed by atoms with Gasteiger partial charge < -0.3 is 4.43 Å². The van der Waals surface area contributed by atoms with E-state index in [0.717, 1.165) is 13.0 Å². The summed E-state index contributed by atoms with van der Waals surface area (Å²) in [7, 11) is -2.39. The number of rotatable bonds is 11. The Kier molecular flexibility index (Phi) is 9.39. The van der Waals surface area contributed by atoms with E-state index in [4.69, 9.17) is 4.43 Å². The van der Waals surface area contributed by atoms with E-state index in [1.807, 2.05) is 0 Å². The van der Waals surface area contributed by atoms with E-state index in [0.29, 0.717) is 5.92 Å². The maximum Gasteiger partial charge on any atom is 0.261 e. The Morgan fingerprint density at radius 3 is 1.93 bits per heavy atom. The Hall–Kier alpha value is -1.64. The zero-order valence-corrected chi connectivity index (χ0v) is 20.2. The molecule has 2 aromatic rings. The molecule has 2 aromatic carbocycles. The molecule has 0 radical (unpaired) electrons. The first-order chi connectivity index (χ1) is 13.9. The highest BCUT2D eigenvalue weighted by molar-refractivity contribution is 6.99. The molecule has 0 saturated carbocycles. The third kappa shape index (κ3) is 6.42. The van der Waals surface area contributed by atoms with Crippen molar-refractivity contribution >= 4 is 18.7 Å². The van der Waals surface area contributed by atoms with Gasteiger partial charge in [-0.25, -0.2) is 0 Å². The molecule has 1 nitrogen and oxygen atoms in total. The van der Waals surface area contributed by atoms with E-state index >= 15 is 0 Å². The van der Waals surface area contributed by atoms with Crippen LogP contribution in [0, 0.1) is 5.92 Å². The minimum atomic E-state index is -2.39. The summed E-state index contributed by atoms with van der Waals surface area (Å²) < 4.78 is 6.93. The van der Waals surface area contributed by atoms with Crippen LogP contribution in [0.4, 0.5) is 0 Å². The maximum absolute atomic E-state index is 6.93. The van der Waals surface area contributed by atoms with E-state index in [-0.39, 0.29) is 5.04 Å². The first-order valence-electron chi connectivity index (χ1n) is 11.3. The van der Waals surface area contributed by atoms with Gasteiger partial charge >= 0.3 is 0 Å². The standard InChI is InChI=1S/C27H40OSi/c1-6-7-10-17-24(2)18-15-16-23-28-29(27(3,4)5,25-19-11-8-12-20-25)26-21-13-9-14-22-26/h8-9,11-15,18-22,24H,6-7,10,16-17,23H2,1-5H3/b18-15+/t24-/m0/s1. The summed E-state index contributed by atoms with van der Waals surface area (Å²) in [5.74, 6) is 0.661. The number of benzene rings is 2. The van der Waals surface area contributed by atoms with Crippen LogP contribution in [0.2, 0.25) is 5.04 Å². The van der Waals surface area contributed by atoms with Gasteiger partial charge in [0.05, 0.1) is 0 Å². The van der Waals surface area contributed by atoms with Crippen LogP contribution in [0.25, 0.3) is 0 Å². The van der Waals surface area contributed by atoms with E-state index in [1.165, 1.54) is 36.1 Å². The van der Waals surface area contributed by atoms with Crippen molar-refractivity contribution in [3.63, 3.8) is 0 Å². The SMILES string of the molecule is CCCCC[C@H](C)/C=C/CCO[Si](c1ccccc1)(c1ccccc1)C(C)(C)C. The lowest BCUT2D eigenvalue weighted by molar-refractivity contribution is 0.304. The minimum Gasteiger partial charge on any atom is -0.407 e.